The number of nitrogens with zero attached hydrogens (tertiary/aromatic N) is 8. The Hall–Kier alpha value is -3.02. The van der Waals surface area contributed by atoms with Crippen molar-refractivity contribution in [1.82, 2.24) is 29.6 Å². The maximum absolute atomic E-state index is 9.51. The molecule has 1 unspecified atom stereocenters. The molecule has 4 heterocycles. The zero-order chi connectivity index (χ0) is 22.7. The number of anilines is 1. The summed E-state index contributed by atoms with van der Waals surface area (Å²) in [5.74, 6) is 4.13. The van der Waals surface area contributed by atoms with Crippen molar-refractivity contribution in [1.29, 1.82) is 5.26 Å². The van der Waals surface area contributed by atoms with Gasteiger partial charge in [0.15, 0.2) is 5.82 Å². The highest BCUT2D eigenvalue weighted by Crippen LogP contribution is 2.56. The quantitative estimate of drug-likeness (QED) is 0.589. The van der Waals surface area contributed by atoms with Gasteiger partial charge in [0.05, 0.1) is 24.3 Å². The molecular formula is C24H25ClN8. The van der Waals surface area contributed by atoms with E-state index in [1.54, 1.807) is 0 Å². The van der Waals surface area contributed by atoms with Crippen LogP contribution in [0.5, 0.6) is 0 Å². The molecule has 2 fully saturated rings. The molecule has 33 heavy (non-hydrogen) atoms. The van der Waals surface area contributed by atoms with Crippen LogP contribution in [0.3, 0.4) is 0 Å². The van der Waals surface area contributed by atoms with Gasteiger partial charge < -0.3 is 4.90 Å². The minimum atomic E-state index is -0.220. The molecule has 0 N–H and O–H groups in total. The third-order valence-electron chi connectivity index (χ3n) is 7.35. The second-order valence-electron chi connectivity index (χ2n) is 9.72. The van der Waals surface area contributed by atoms with Gasteiger partial charge in [-0.1, -0.05) is 11.6 Å². The molecular weight excluding hydrogens is 436 g/mol. The summed E-state index contributed by atoms with van der Waals surface area (Å²) in [4.78, 5) is 13.2. The molecule has 1 atom stereocenters. The first-order valence-corrected chi connectivity index (χ1v) is 11.7. The minimum Gasteiger partial charge on any atom is -0.355 e. The predicted octanol–water partition coefficient (Wildman–Crippen LogP) is 3.63. The Balaban J connectivity index is 1.26. The van der Waals surface area contributed by atoms with Crippen LogP contribution in [0, 0.1) is 23.7 Å². The summed E-state index contributed by atoms with van der Waals surface area (Å²) in [7, 11) is 0. The van der Waals surface area contributed by atoms with Gasteiger partial charge in [0.2, 0.25) is 0 Å². The number of aromatic nitrogens is 5. The third-order valence-corrected chi connectivity index (χ3v) is 7.59. The lowest BCUT2D eigenvalue weighted by Crippen LogP contribution is -2.62. The maximum atomic E-state index is 9.51. The van der Waals surface area contributed by atoms with Crippen molar-refractivity contribution in [3.05, 3.63) is 58.5 Å². The largest absolute Gasteiger partial charge is 0.355 e. The smallest absolute Gasteiger partial charge is 0.151 e. The van der Waals surface area contributed by atoms with Gasteiger partial charge in [0.1, 0.15) is 17.5 Å². The molecule has 0 amide bonds. The lowest BCUT2D eigenvalue weighted by Gasteiger charge is -2.59. The van der Waals surface area contributed by atoms with Gasteiger partial charge in [-0.05, 0) is 56.5 Å². The van der Waals surface area contributed by atoms with E-state index in [4.69, 9.17) is 11.6 Å². The fourth-order valence-electron chi connectivity index (χ4n) is 5.64. The number of rotatable bonds is 3. The van der Waals surface area contributed by atoms with E-state index in [0.717, 1.165) is 60.5 Å². The molecule has 1 spiro atoms. The molecule has 9 heteroatoms. The number of nitriles is 1. The zero-order valence-corrected chi connectivity index (χ0v) is 19.5. The van der Waals surface area contributed by atoms with E-state index in [0.29, 0.717) is 29.4 Å². The van der Waals surface area contributed by atoms with Crippen molar-refractivity contribution in [2.24, 2.45) is 5.41 Å². The van der Waals surface area contributed by atoms with Crippen molar-refractivity contribution in [3.8, 4) is 11.8 Å². The lowest BCUT2D eigenvalue weighted by atomic mass is 9.57. The van der Waals surface area contributed by atoms with Crippen LogP contribution in [0.15, 0.2) is 30.5 Å². The van der Waals surface area contributed by atoms with Crippen molar-refractivity contribution >= 4 is 17.4 Å². The lowest BCUT2D eigenvalue weighted by molar-refractivity contribution is 0.0581. The Labute approximate surface area is 197 Å². The van der Waals surface area contributed by atoms with E-state index >= 15 is 0 Å². The standard InChI is InChI=1S/C24H25ClN8/c1-15(10-26)31-11-17-7-19(25)3-4-20(17)33-22(12-31)29-30-23(33)18-8-24(9-18)13-32(14-24)21-5-6-27-16(2)28-21/h3-7,15,18H,8-9,11-14H2,1-2H3. The molecule has 3 aromatic rings. The number of hydrogen-bond acceptors (Lipinski definition) is 7. The Morgan fingerprint density at radius 2 is 2.00 bits per heavy atom. The van der Waals surface area contributed by atoms with E-state index in [-0.39, 0.29) is 6.04 Å². The van der Waals surface area contributed by atoms with Crippen molar-refractivity contribution in [2.45, 2.75) is 51.7 Å². The Kier molecular flexibility index (Phi) is 4.68. The summed E-state index contributed by atoms with van der Waals surface area (Å²) in [6, 6.07) is 10.1. The number of halogens is 1. The molecule has 1 saturated heterocycles. The first-order valence-electron chi connectivity index (χ1n) is 11.4. The van der Waals surface area contributed by atoms with Gasteiger partial charge in [-0.3, -0.25) is 9.47 Å². The van der Waals surface area contributed by atoms with Gasteiger partial charge in [0.25, 0.3) is 0 Å². The Morgan fingerprint density at radius 3 is 2.76 bits per heavy atom. The highest BCUT2D eigenvalue weighted by molar-refractivity contribution is 6.30. The van der Waals surface area contributed by atoms with Crippen LogP contribution >= 0.6 is 11.6 Å². The predicted molar refractivity (Wildman–Crippen MR) is 124 cm³/mol. The van der Waals surface area contributed by atoms with Crippen molar-refractivity contribution < 1.29 is 0 Å². The Morgan fingerprint density at radius 1 is 1.18 bits per heavy atom. The molecule has 3 aliphatic rings. The summed E-state index contributed by atoms with van der Waals surface area (Å²) in [5.41, 5.74) is 2.52. The SMILES string of the molecule is Cc1nccc(N2CC3(CC(c4nnc5n4-c4ccc(Cl)cc4CN(C(C)C#N)C5)C3)C2)n1. The van der Waals surface area contributed by atoms with E-state index in [9.17, 15) is 5.26 Å². The molecule has 8 nitrogen and oxygen atoms in total. The molecule has 6 rings (SSSR count). The Bertz CT molecular complexity index is 1260. The summed E-state index contributed by atoms with van der Waals surface area (Å²) < 4.78 is 2.22. The fraction of sp³-hybridized carbons (Fsp3) is 0.458. The average Bonchev–Trinajstić information content (AvgIpc) is 3.06. The van der Waals surface area contributed by atoms with Gasteiger partial charge in [-0.2, -0.15) is 5.26 Å². The van der Waals surface area contributed by atoms with Crippen LogP contribution in [0.1, 0.15) is 48.7 Å². The normalized spacial score (nSPS) is 20.2. The van der Waals surface area contributed by atoms with Crippen LogP contribution in [-0.2, 0) is 13.1 Å². The second kappa shape index (κ2) is 7.51. The summed E-state index contributed by atoms with van der Waals surface area (Å²) in [5, 5.41) is 19.4. The van der Waals surface area contributed by atoms with Crippen LogP contribution < -0.4 is 4.90 Å². The highest BCUT2D eigenvalue weighted by atomic mass is 35.5. The third kappa shape index (κ3) is 3.38. The highest BCUT2D eigenvalue weighted by Gasteiger charge is 2.54. The molecule has 1 aliphatic carbocycles. The fourth-order valence-corrected chi connectivity index (χ4v) is 5.84. The first-order chi connectivity index (χ1) is 15.9. The molecule has 2 aliphatic heterocycles. The van der Waals surface area contributed by atoms with Gasteiger partial charge in [0, 0.05) is 42.2 Å². The molecule has 168 valence electrons. The zero-order valence-electron chi connectivity index (χ0n) is 18.7. The molecule has 1 saturated carbocycles. The summed E-state index contributed by atoms with van der Waals surface area (Å²) in [6.07, 6.45) is 4.04. The van der Waals surface area contributed by atoms with E-state index < -0.39 is 0 Å². The molecule has 2 aromatic heterocycles. The van der Waals surface area contributed by atoms with Crippen LogP contribution in [0.2, 0.25) is 5.02 Å². The van der Waals surface area contributed by atoms with Crippen LogP contribution in [0.25, 0.3) is 5.69 Å². The number of hydrogen-bond donors (Lipinski definition) is 0. The van der Waals surface area contributed by atoms with Gasteiger partial charge in [-0.15, -0.1) is 10.2 Å². The minimum absolute atomic E-state index is 0.220. The summed E-state index contributed by atoms with van der Waals surface area (Å²) >= 11 is 6.33. The van der Waals surface area contributed by atoms with Gasteiger partial charge >= 0.3 is 0 Å². The van der Waals surface area contributed by atoms with E-state index in [1.165, 1.54) is 0 Å². The number of fused-ring (bicyclic) bond motifs is 3. The first kappa shape index (κ1) is 20.6. The topological polar surface area (TPSA) is 86.8 Å². The number of aryl methyl sites for hydroxylation is 1. The molecule has 0 bridgehead atoms. The van der Waals surface area contributed by atoms with Crippen LogP contribution in [0.4, 0.5) is 5.82 Å². The van der Waals surface area contributed by atoms with E-state index in [2.05, 4.69) is 46.7 Å². The molecule has 1 aromatic carbocycles. The summed E-state index contributed by atoms with van der Waals surface area (Å²) in [6.45, 7) is 7.16. The molecule has 0 radical (unpaired) electrons. The number of benzene rings is 1. The average molecular weight is 461 g/mol. The maximum Gasteiger partial charge on any atom is 0.151 e. The van der Waals surface area contributed by atoms with Crippen molar-refractivity contribution in [2.75, 3.05) is 18.0 Å². The van der Waals surface area contributed by atoms with Crippen molar-refractivity contribution in [3.63, 3.8) is 0 Å². The van der Waals surface area contributed by atoms with Gasteiger partial charge in [-0.25, -0.2) is 9.97 Å². The second-order valence-corrected chi connectivity index (χ2v) is 10.2. The van der Waals surface area contributed by atoms with E-state index in [1.807, 2.05) is 38.2 Å². The monoisotopic (exact) mass is 460 g/mol. The van der Waals surface area contributed by atoms with Crippen LogP contribution in [-0.4, -0.2) is 48.8 Å².